The predicted octanol–water partition coefficient (Wildman–Crippen LogP) is 4.35. The minimum atomic E-state index is -0.322. The van der Waals surface area contributed by atoms with E-state index < -0.39 is 0 Å². The van der Waals surface area contributed by atoms with Gasteiger partial charge < -0.3 is 14.4 Å². The van der Waals surface area contributed by atoms with Gasteiger partial charge in [-0.15, -0.1) is 0 Å². The largest absolute Gasteiger partial charge is 0.354 e. The Morgan fingerprint density at radius 2 is 2.07 bits per heavy atom. The molecule has 0 spiro atoms. The van der Waals surface area contributed by atoms with Crippen molar-refractivity contribution in [3.8, 4) is 23.0 Å². The third-order valence-corrected chi connectivity index (χ3v) is 5.04. The zero-order valence-electron chi connectivity index (χ0n) is 16.1. The molecule has 1 amide bonds. The van der Waals surface area contributed by atoms with E-state index in [0.29, 0.717) is 29.5 Å². The first-order valence-corrected chi connectivity index (χ1v) is 9.89. The number of halogens is 1. The fourth-order valence-electron chi connectivity index (χ4n) is 3.49. The predicted molar refractivity (Wildman–Crippen MR) is 107 cm³/mol. The van der Waals surface area contributed by atoms with E-state index >= 15 is 0 Å². The van der Waals surface area contributed by atoms with Crippen molar-refractivity contribution in [1.29, 1.82) is 0 Å². The molecule has 7 heteroatoms. The van der Waals surface area contributed by atoms with Crippen molar-refractivity contribution in [2.24, 2.45) is 0 Å². The Bertz CT molecular complexity index is 1000. The number of benzene rings is 1. The standard InChI is InChI=1S/C22H23FN4O2/c23-18-10-8-17(9-11-18)21-25-22(29-26-21)19-7-4-14-27(19)15-20(28)24-13-12-16-5-2-1-3-6-16/h4-5,7-11,14H,1-3,6,12-13,15H2,(H,24,28). The maximum atomic E-state index is 13.1. The van der Waals surface area contributed by atoms with Gasteiger partial charge >= 0.3 is 0 Å². The Hall–Kier alpha value is -3.22. The molecule has 0 saturated heterocycles. The Kier molecular flexibility index (Phi) is 5.84. The van der Waals surface area contributed by atoms with Crippen molar-refractivity contribution in [3.63, 3.8) is 0 Å². The van der Waals surface area contributed by atoms with E-state index in [9.17, 15) is 9.18 Å². The highest BCUT2D eigenvalue weighted by Gasteiger charge is 2.15. The minimum absolute atomic E-state index is 0.0582. The zero-order chi connectivity index (χ0) is 20.1. The molecule has 1 aliphatic carbocycles. The third kappa shape index (κ3) is 4.80. The summed E-state index contributed by atoms with van der Waals surface area (Å²) in [6, 6.07) is 9.54. The summed E-state index contributed by atoms with van der Waals surface area (Å²) in [5.41, 5.74) is 2.77. The van der Waals surface area contributed by atoms with Crippen molar-refractivity contribution in [3.05, 3.63) is 60.1 Å². The van der Waals surface area contributed by atoms with Gasteiger partial charge in [0.15, 0.2) is 0 Å². The highest BCUT2D eigenvalue weighted by atomic mass is 19.1. The first-order valence-electron chi connectivity index (χ1n) is 9.89. The molecule has 1 aliphatic rings. The van der Waals surface area contributed by atoms with Crippen molar-refractivity contribution in [1.82, 2.24) is 20.0 Å². The summed E-state index contributed by atoms with van der Waals surface area (Å²) in [6.45, 7) is 0.826. The molecule has 0 saturated carbocycles. The molecule has 0 atom stereocenters. The maximum Gasteiger partial charge on any atom is 0.274 e. The second kappa shape index (κ2) is 8.86. The fourth-order valence-corrected chi connectivity index (χ4v) is 3.49. The molecule has 0 bridgehead atoms. The lowest BCUT2D eigenvalue weighted by molar-refractivity contribution is -0.121. The third-order valence-electron chi connectivity index (χ3n) is 5.04. The summed E-state index contributed by atoms with van der Waals surface area (Å²) in [5, 5.41) is 6.95. The van der Waals surface area contributed by atoms with E-state index in [1.165, 1.54) is 30.5 Å². The molecule has 4 rings (SSSR count). The smallest absolute Gasteiger partial charge is 0.274 e. The van der Waals surface area contributed by atoms with Gasteiger partial charge in [0.25, 0.3) is 5.89 Å². The SMILES string of the molecule is O=C(Cn1cccc1-c1nc(-c2ccc(F)cc2)no1)NCCC1=CCCCC1. The van der Waals surface area contributed by atoms with Gasteiger partial charge in [0.2, 0.25) is 11.7 Å². The zero-order valence-corrected chi connectivity index (χ0v) is 16.1. The van der Waals surface area contributed by atoms with Crippen LogP contribution in [-0.2, 0) is 11.3 Å². The molecule has 1 aromatic carbocycles. The van der Waals surface area contributed by atoms with Crippen molar-refractivity contribution >= 4 is 5.91 Å². The number of nitrogens with one attached hydrogen (secondary N) is 1. The van der Waals surface area contributed by atoms with E-state index in [-0.39, 0.29) is 18.3 Å². The van der Waals surface area contributed by atoms with Gasteiger partial charge in [0.05, 0.1) is 0 Å². The van der Waals surface area contributed by atoms with E-state index in [1.54, 1.807) is 22.9 Å². The monoisotopic (exact) mass is 394 g/mol. The Labute approximate surface area is 168 Å². The summed E-state index contributed by atoms with van der Waals surface area (Å²) >= 11 is 0. The van der Waals surface area contributed by atoms with E-state index in [2.05, 4.69) is 21.5 Å². The Morgan fingerprint density at radius 1 is 1.21 bits per heavy atom. The summed E-state index contributed by atoms with van der Waals surface area (Å²) in [5.74, 6) is 0.307. The van der Waals surface area contributed by atoms with Crippen molar-refractivity contribution in [2.75, 3.05) is 6.54 Å². The molecule has 0 unspecified atom stereocenters. The molecule has 6 nitrogen and oxygen atoms in total. The lowest BCUT2D eigenvalue weighted by atomic mass is 9.97. The molecule has 3 aromatic rings. The van der Waals surface area contributed by atoms with Crippen LogP contribution in [0, 0.1) is 5.82 Å². The number of amides is 1. The quantitative estimate of drug-likeness (QED) is 0.605. The molecule has 2 aromatic heterocycles. The number of rotatable bonds is 7. The number of hydrogen-bond donors (Lipinski definition) is 1. The summed E-state index contributed by atoms with van der Waals surface area (Å²) < 4.78 is 20.2. The van der Waals surface area contributed by atoms with Crippen molar-refractivity contribution in [2.45, 2.75) is 38.6 Å². The van der Waals surface area contributed by atoms with Crippen LogP contribution < -0.4 is 5.32 Å². The minimum Gasteiger partial charge on any atom is -0.354 e. The highest BCUT2D eigenvalue weighted by molar-refractivity contribution is 5.76. The lowest BCUT2D eigenvalue weighted by Gasteiger charge is -2.13. The van der Waals surface area contributed by atoms with Crippen LogP contribution in [0.1, 0.15) is 32.1 Å². The van der Waals surface area contributed by atoms with Gasteiger partial charge in [0, 0.05) is 18.3 Å². The average Bonchev–Trinajstić information content (AvgIpc) is 3.39. The van der Waals surface area contributed by atoms with Crippen LogP contribution in [0.25, 0.3) is 23.0 Å². The number of nitrogens with zero attached hydrogens (tertiary/aromatic N) is 3. The van der Waals surface area contributed by atoms with Crippen LogP contribution in [0.2, 0.25) is 0 Å². The average molecular weight is 394 g/mol. The van der Waals surface area contributed by atoms with Crippen LogP contribution in [0.15, 0.2) is 58.8 Å². The van der Waals surface area contributed by atoms with Gasteiger partial charge in [-0.3, -0.25) is 4.79 Å². The van der Waals surface area contributed by atoms with Crippen LogP contribution in [0.5, 0.6) is 0 Å². The van der Waals surface area contributed by atoms with Crippen molar-refractivity contribution < 1.29 is 13.7 Å². The number of hydrogen-bond acceptors (Lipinski definition) is 4. The fraction of sp³-hybridized carbons (Fsp3) is 0.318. The number of carbonyl (C=O) groups is 1. The number of allylic oxidation sites excluding steroid dienone is 1. The molecule has 2 heterocycles. The van der Waals surface area contributed by atoms with Gasteiger partial charge in [-0.2, -0.15) is 4.98 Å². The molecule has 0 aliphatic heterocycles. The van der Waals surface area contributed by atoms with Crippen LogP contribution in [-0.4, -0.2) is 27.2 Å². The normalized spacial score (nSPS) is 13.9. The van der Waals surface area contributed by atoms with Gasteiger partial charge in [-0.25, -0.2) is 4.39 Å². The van der Waals surface area contributed by atoms with Crippen LogP contribution in [0.3, 0.4) is 0 Å². The van der Waals surface area contributed by atoms with E-state index in [4.69, 9.17) is 4.52 Å². The van der Waals surface area contributed by atoms with Crippen LogP contribution in [0.4, 0.5) is 4.39 Å². The van der Waals surface area contributed by atoms with E-state index in [0.717, 1.165) is 19.3 Å². The van der Waals surface area contributed by atoms with Gasteiger partial charge in [-0.05, 0) is 68.5 Å². The molecule has 0 radical (unpaired) electrons. The molecule has 150 valence electrons. The number of aromatic nitrogens is 3. The second-order valence-electron chi connectivity index (χ2n) is 7.16. The maximum absolute atomic E-state index is 13.1. The van der Waals surface area contributed by atoms with Crippen LogP contribution >= 0.6 is 0 Å². The van der Waals surface area contributed by atoms with Gasteiger partial charge in [0.1, 0.15) is 18.1 Å². The topological polar surface area (TPSA) is 73.0 Å². The summed E-state index contributed by atoms with van der Waals surface area (Å²) in [7, 11) is 0. The molecule has 29 heavy (non-hydrogen) atoms. The van der Waals surface area contributed by atoms with Gasteiger partial charge in [-0.1, -0.05) is 16.8 Å². The molecule has 1 N–H and O–H groups in total. The molecule has 0 fully saturated rings. The summed E-state index contributed by atoms with van der Waals surface area (Å²) in [4.78, 5) is 16.7. The highest BCUT2D eigenvalue weighted by Crippen LogP contribution is 2.23. The second-order valence-corrected chi connectivity index (χ2v) is 7.16. The van der Waals surface area contributed by atoms with E-state index in [1.807, 2.05) is 12.1 Å². The lowest BCUT2D eigenvalue weighted by Crippen LogP contribution is -2.28. The molecular formula is C22H23FN4O2. The summed E-state index contributed by atoms with van der Waals surface area (Å²) in [6.07, 6.45) is 9.83. The Morgan fingerprint density at radius 3 is 2.86 bits per heavy atom. The first kappa shape index (κ1) is 19.1. The number of carbonyl (C=O) groups excluding carboxylic acids is 1. The first-order chi connectivity index (χ1) is 14.2. The Balaban J connectivity index is 1.37. The molecular weight excluding hydrogens is 371 g/mol.